The standard InChI is InChI=1S/C34H36N4O7/c1-2-3-4-8-19-42-33(40)31(21-26-13-17-29(18-14-26)45-24-36)37-32(39)30(20-25-11-15-28(16-12-25)44-23-35)38-34(41)43-22-27-9-6-5-7-10-27/h5-7,9-18,30-31H,2-4,8,19-22H2,1H3,(H,37,39)(H,38,41). The van der Waals surface area contributed by atoms with Gasteiger partial charge in [-0.1, -0.05) is 80.8 Å². The fourth-order valence-corrected chi connectivity index (χ4v) is 4.35. The van der Waals surface area contributed by atoms with Crippen molar-refractivity contribution in [1.29, 1.82) is 10.5 Å². The lowest BCUT2D eigenvalue weighted by molar-refractivity contribution is -0.148. The van der Waals surface area contributed by atoms with Crippen LogP contribution in [0.4, 0.5) is 4.79 Å². The molecule has 234 valence electrons. The molecule has 0 bridgehead atoms. The second-order valence-corrected chi connectivity index (χ2v) is 10.1. The third-order valence-electron chi connectivity index (χ3n) is 6.72. The number of nitriles is 2. The van der Waals surface area contributed by atoms with Gasteiger partial charge >= 0.3 is 12.1 Å². The summed E-state index contributed by atoms with van der Waals surface area (Å²) in [4.78, 5) is 39.7. The van der Waals surface area contributed by atoms with Gasteiger partial charge in [0.15, 0.2) is 0 Å². The van der Waals surface area contributed by atoms with Crippen LogP contribution in [0, 0.1) is 23.0 Å². The number of alkyl carbamates (subject to hydrolysis) is 1. The molecule has 45 heavy (non-hydrogen) atoms. The van der Waals surface area contributed by atoms with E-state index in [1.54, 1.807) is 73.2 Å². The van der Waals surface area contributed by atoms with Gasteiger partial charge in [0.05, 0.1) is 6.61 Å². The molecule has 3 rings (SSSR count). The largest absolute Gasteiger partial charge is 0.464 e. The van der Waals surface area contributed by atoms with Crippen molar-refractivity contribution in [2.45, 2.75) is 64.1 Å². The smallest absolute Gasteiger partial charge is 0.408 e. The minimum Gasteiger partial charge on any atom is -0.464 e. The molecule has 3 aromatic carbocycles. The summed E-state index contributed by atoms with van der Waals surface area (Å²) < 4.78 is 20.5. The molecule has 0 aliphatic heterocycles. The SMILES string of the molecule is CCCCCCOC(=O)C(Cc1ccc(OC#N)cc1)NC(=O)C(Cc1ccc(OC#N)cc1)NC(=O)OCc1ccccc1. The van der Waals surface area contributed by atoms with Crippen molar-refractivity contribution in [2.24, 2.45) is 0 Å². The number of esters is 1. The van der Waals surface area contributed by atoms with Crippen LogP contribution in [0.3, 0.4) is 0 Å². The Hall–Kier alpha value is -5.55. The number of rotatable bonds is 17. The zero-order valence-corrected chi connectivity index (χ0v) is 25.1. The van der Waals surface area contributed by atoms with Gasteiger partial charge in [-0.05, 0) is 47.4 Å². The Kier molecular flexibility index (Phi) is 14.2. The predicted molar refractivity (Wildman–Crippen MR) is 163 cm³/mol. The van der Waals surface area contributed by atoms with E-state index in [1.165, 1.54) is 0 Å². The average Bonchev–Trinajstić information content (AvgIpc) is 3.05. The van der Waals surface area contributed by atoms with Gasteiger partial charge < -0.3 is 29.6 Å². The number of nitrogens with one attached hydrogen (secondary N) is 2. The van der Waals surface area contributed by atoms with Gasteiger partial charge in [0.25, 0.3) is 12.5 Å². The molecular formula is C34H36N4O7. The number of nitrogens with zero attached hydrogens (tertiary/aromatic N) is 2. The van der Waals surface area contributed by atoms with Crippen LogP contribution in [-0.4, -0.2) is 36.7 Å². The highest BCUT2D eigenvalue weighted by Gasteiger charge is 2.29. The monoisotopic (exact) mass is 612 g/mol. The maximum absolute atomic E-state index is 13.7. The average molecular weight is 613 g/mol. The quantitative estimate of drug-likeness (QED) is 0.120. The van der Waals surface area contributed by atoms with Crippen molar-refractivity contribution < 1.29 is 33.3 Å². The number of unbranched alkanes of at least 4 members (excludes halogenated alkanes) is 3. The lowest BCUT2D eigenvalue weighted by Gasteiger charge is -2.23. The van der Waals surface area contributed by atoms with Crippen molar-refractivity contribution in [3.63, 3.8) is 0 Å². The summed E-state index contributed by atoms with van der Waals surface area (Å²) in [5, 5.41) is 22.9. The molecule has 2 N–H and O–H groups in total. The third-order valence-corrected chi connectivity index (χ3v) is 6.72. The molecule has 0 aliphatic carbocycles. The van der Waals surface area contributed by atoms with Crippen LogP contribution in [0.25, 0.3) is 0 Å². The Morgan fingerprint density at radius 3 is 1.82 bits per heavy atom. The molecule has 2 unspecified atom stereocenters. The molecule has 2 amide bonds. The summed E-state index contributed by atoms with van der Waals surface area (Å²) in [5.74, 6) is -0.572. The van der Waals surface area contributed by atoms with Gasteiger partial charge in [-0.2, -0.15) is 0 Å². The van der Waals surface area contributed by atoms with E-state index in [0.717, 1.165) is 24.8 Å². The summed E-state index contributed by atoms with van der Waals surface area (Å²) in [5.41, 5.74) is 2.12. The molecule has 0 saturated carbocycles. The number of amides is 2. The first-order valence-corrected chi connectivity index (χ1v) is 14.7. The van der Waals surface area contributed by atoms with Crippen LogP contribution in [0.2, 0.25) is 0 Å². The van der Waals surface area contributed by atoms with Gasteiger partial charge in [-0.25, -0.2) is 9.59 Å². The lowest BCUT2D eigenvalue weighted by Crippen LogP contribution is -2.53. The van der Waals surface area contributed by atoms with Crippen LogP contribution < -0.4 is 20.1 Å². The zero-order valence-electron chi connectivity index (χ0n) is 25.1. The maximum atomic E-state index is 13.7. The van der Waals surface area contributed by atoms with Crippen molar-refractivity contribution in [3.05, 3.63) is 95.6 Å². The Bertz CT molecular complexity index is 1450. The first-order chi connectivity index (χ1) is 21.9. The van der Waals surface area contributed by atoms with Gasteiger partial charge in [0.1, 0.15) is 30.2 Å². The summed E-state index contributed by atoms with van der Waals surface area (Å²) in [6.07, 6.45) is 6.21. The Balaban J connectivity index is 1.77. The minimum absolute atomic E-state index is 0.000297. The molecule has 0 aromatic heterocycles. The van der Waals surface area contributed by atoms with Crippen LogP contribution in [0.1, 0.15) is 49.3 Å². The van der Waals surface area contributed by atoms with Crippen LogP contribution in [0.5, 0.6) is 11.5 Å². The molecule has 0 fully saturated rings. The number of hydrogen-bond donors (Lipinski definition) is 2. The van der Waals surface area contributed by atoms with Crippen molar-refractivity contribution in [1.82, 2.24) is 10.6 Å². The minimum atomic E-state index is -1.12. The first-order valence-electron chi connectivity index (χ1n) is 14.7. The molecular weight excluding hydrogens is 576 g/mol. The van der Waals surface area contributed by atoms with E-state index < -0.39 is 30.1 Å². The highest BCUT2D eigenvalue weighted by Crippen LogP contribution is 2.16. The second kappa shape index (κ2) is 18.9. The topological polar surface area (TPSA) is 160 Å². The predicted octanol–water partition coefficient (Wildman–Crippen LogP) is 5.09. The Morgan fingerprint density at radius 2 is 1.27 bits per heavy atom. The van der Waals surface area contributed by atoms with E-state index >= 15 is 0 Å². The van der Waals surface area contributed by atoms with E-state index in [4.69, 9.17) is 29.5 Å². The molecule has 0 saturated heterocycles. The highest BCUT2D eigenvalue weighted by atomic mass is 16.5. The molecule has 2 atom stereocenters. The molecule has 11 nitrogen and oxygen atoms in total. The fraction of sp³-hybridized carbons (Fsp3) is 0.324. The van der Waals surface area contributed by atoms with E-state index in [2.05, 4.69) is 17.6 Å². The van der Waals surface area contributed by atoms with Crippen LogP contribution >= 0.6 is 0 Å². The van der Waals surface area contributed by atoms with Gasteiger partial charge in [0.2, 0.25) is 5.91 Å². The number of carbonyl (C=O) groups is 3. The van der Waals surface area contributed by atoms with Gasteiger partial charge in [0, 0.05) is 12.8 Å². The normalized spacial score (nSPS) is 11.5. The van der Waals surface area contributed by atoms with Crippen LogP contribution in [-0.2, 0) is 38.5 Å². The zero-order chi connectivity index (χ0) is 32.3. The lowest BCUT2D eigenvalue weighted by atomic mass is 10.0. The maximum Gasteiger partial charge on any atom is 0.408 e. The summed E-state index contributed by atoms with van der Waals surface area (Å²) in [6, 6.07) is 19.9. The molecule has 0 aliphatic rings. The Labute approximate surface area is 262 Å². The van der Waals surface area contributed by atoms with Crippen molar-refractivity contribution >= 4 is 18.0 Å². The van der Waals surface area contributed by atoms with E-state index in [-0.39, 0.29) is 26.1 Å². The Morgan fingerprint density at radius 1 is 0.689 bits per heavy atom. The van der Waals surface area contributed by atoms with Gasteiger partial charge in [-0.3, -0.25) is 4.79 Å². The number of ether oxygens (including phenoxy) is 4. The molecule has 0 heterocycles. The fourth-order valence-electron chi connectivity index (χ4n) is 4.35. The molecule has 11 heteroatoms. The summed E-state index contributed by atoms with van der Waals surface area (Å²) >= 11 is 0. The van der Waals surface area contributed by atoms with E-state index in [9.17, 15) is 14.4 Å². The highest BCUT2D eigenvalue weighted by molar-refractivity contribution is 5.90. The van der Waals surface area contributed by atoms with Crippen LogP contribution in [0.15, 0.2) is 78.9 Å². The van der Waals surface area contributed by atoms with Crippen molar-refractivity contribution in [2.75, 3.05) is 6.61 Å². The number of benzene rings is 3. The molecule has 0 radical (unpaired) electrons. The van der Waals surface area contributed by atoms with E-state index in [1.807, 2.05) is 18.2 Å². The third kappa shape index (κ3) is 12.3. The number of carbonyl (C=O) groups excluding carboxylic acids is 3. The second-order valence-electron chi connectivity index (χ2n) is 10.1. The van der Waals surface area contributed by atoms with Gasteiger partial charge in [-0.15, -0.1) is 10.5 Å². The molecule has 3 aromatic rings. The summed E-state index contributed by atoms with van der Waals surface area (Å²) in [6.45, 7) is 2.30. The summed E-state index contributed by atoms with van der Waals surface area (Å²) in [7, 11) is 0. The number of hydrogen-bond acceptors (Lipinski definition) is 9. The molecule has 0 spiro atoms. The first kappa shape index (κ1) is 33.9. The van der Waals surface area contributed by atoms with Crippen molar-refractivity contribution in [3.8, 4) is 24.0 Å². The van der Waals surface area contributed by atoms with E-state index in [0.29, 0.717) is 29.0 Å².